The lowest BCUT2D eigenvalue weighted by molar-refractivity contribution is 0.366. The molecule has 0 rings (SSSR count). The maximum atomic E-state index is 2.35. The fraction of sp³-hybridized carbons (Fsp3) is 1.00. The Labute approximate surface area is 251 Å². The van der Waals surface area contributed by atoms with E-state index in [9.17, 15) is 0 Å². The van der Waals surface area contributed by atoms with Crippen molar-refractivity contribution in [1.29, 1.82) is 0 Å². The van der Waals surface area contributed by atoms with Gasteiger partial charge in [-0.1, -0.05) is 245 Å². The topological polar surface area (TPSA) is 0 Å². The van der Waals surface area contributed by atoms with Crippen molar-refractivity contribution < 1.29 is 0 Å². The summed E-state index contributed by atoms with van der Waals surface area (Å²) in [5.74, 6) is 1.04. The molecule has 0 spiro atoms. The summed E-state index contributed by atoms with van der Waals surface area (Å²) in [5, 5.41) is 0. The van der Waals surface area contributed by atoms with Crippen molar-refractivity contribution in [2.24, 2.45) is 5.92 Å². The first-order valence-corrected chi connectivity index (χ1v) is 19.3. The molecule has 0 N–H and O–H groups in total. The summed E-state index contributed by atoms with van der Waals surface area (Å²) in [6.07, 6.45) is 51.8. The van der Waals surface area contributed by atoms with E-state index in [-0.39, 0.29) is 0 Å². The van der Waals surface area contributed by atoms with Gasteiger partial charge in [0, 0.05) is 0 Å². The molecule has 236 valence electrons. The monoisotopic (exact) mass is 549 g/mol. The summed E-state index contributed by atoms with van der Waals surface area (Å²) in [7, 11) is 0. The van der Waals surface area contributed by atoms with Crippen LogP contribution in [-0.4, -0.2) is 0 Å². The van der Waals surface area contributed by atoms with Crippen molar-refractivity contribution in [3.8, 4) is 0 Å². The fourth-order valence-corrected chi connectivity index (χ4v) is 6.55. The molecule has 0 bridgehead atoms. The molecular weight excluding hydrogens is 468 g/mol. The Morgan fingerprint density at radius 2 is 0.359 bits per heavy atom. The first-order chi connectivity index (χ1) is 19.3. The van der Waals surface area contributed by atoms with Gasteiger partial charge in [-0.05, 0) is 5.92 Å². The van der Waals surface area contributed by atoms with E-state index >= 15 is 0 Å². The summed E-state index contributed by atoms with van der Waals surface area (Å²) in [5.41, 5.74) is 0. The van der Waals surface area contributed by atoms with Crippen LogP contribution in [0.1, 0.15) is 245 Å². The third-order valence-corrected chi connectivity index (χ3v) is 9.40. The van der Waals surface area contributed by atoms with Crippen LogP contribution >= 0.6 is 0 Å². The van der Waals surface area contributed by atoms with Crippen molar-refractivity contribution in [3.63, 3.8) is 0 Å². The van der Waals surface area contributed by atoms with Crippen LogP contribution in [0.2, 0.25) is 0 Å². The van der Waals surface area contributed by atoms with Crippen molar-refractivity contribution >= 4 is 0 Å². The Balaban J connectivity index is 3.59. The van der Waals surface area contributed by atoms with Gasteiger partial charge < -0.3 is 0 Å². The van der Waals surface area contributed by atoms with E-state index in [0.29, 0.717) is 0 Å². The highest BCUT2D eigenvalue weighted by molar-refractivity contribution is 4.62. The van der Waals surface area contributed by atoms with Crippen LogP contribution < -0.4 is 0 Å². The minimum absolute atomic E-state index is 1.04. The second kappa shape index (κ2) is 36.0. The number of rotatable bonds is 35. The minimum atomic E-state index is 1.04. The molecular formula is C39H80. The van der Waals surface area contributed by atoms with Gasteiger partial charge in [0.25, 0.3) is 0 Å². The zero-order chi connectivity index (χ0) is 28.3. The second-order valence-corrected chi connectivity index (χ2v) is 13.5. The Morgan fingerprint density at radius 1 is 0.205 bits per heavy atom. The van der Waals surface area contributed by atoms with E-state index in [1.54, 1.807) is 0 Å². The zero-order valence-electron chi connectivity index (χ0n) is 28.3. The van der Waals surface area contributed by atoms with Crippen molar-refractivity contribution in [1.82, 2.24) is 0 Å². The molecule has 0 fully saturated rings. The lowest BCUT2D eigenvalue weighted by atomic mass is 9.89. The van der Waals surface area contributed by atoms with Gasteiger partial charge in [-0.2, -0.15) is 0 Å². The number of hydrogen-bond acceptors (Lipinski definition) is 0. The van der Waals surface area contributed by atoms with E-state index in [1.807, 2.05) is 0 Å². The Hall–Kier alpha value is 0. The van der Waals surface area contributed by atoms with E-state index in [2.05, 4.69) is 20.8 Å². The summed E-state index contributed by atoms with van der Waals surface area (Å²) in [4.78, 5) is 0. The average molecular weight is 549 g/mol. The predicted octanol–water partition coefficient (Wildman–Crippen LogP) is 15.3. The molecule has 0 aliphatic heterocycles. The molecule has 0 aromatic heterocycles. The van der Waals surface area contributed by atoms with E-state index < -0.39 is 0 Å². The SMILES string of the molecule is CCCCCCCCCCCCCCCCCCCC(CCCCCC)CCCCCCCCCCCCC. The summed E-state index contributed by atoms with van der Waals surface area (Å²) < 4.78 is 0. The molecule has 1 atom stereocenters. The lowest BCUT2D eigenvalue weighted by Gasteiger charge is -2.17. The third-order valence-electron chi connectivity index (χ3n) is 9.40. The van der Waals surface area contributed by atoms with Gasteiger partial charge in [-0.15, -0.1) is 0 Å². The van der Waals surface area contributed by atoms with E-state index in [4.69, 9.17) is 0 Å². The van der Waals surface area contributed by atoms with Crippen LogP contribution in [0.3, 0.4) is 0 Å². The first-order valence-electron chi connectivity index (χ1n) is 19.3. The summed E-state index contributed by atoms with van der Waals surface area (Å²) in [6.45, 7) is 6.98. The maximum absolute atomic E-state index is 2.35. The van der Waals surface area contributed by atoms with Crippen LogP contribution in [0.5, 0.6) is 0 Å². The normalized spacial score (nSPS) is 12.4. The van der Waals surface area contributed by atoms with Crippen LogP contribution in [0.25, 0.3) is 0 Å². The van der Waals surface area contributed by atoms with Gasteiger partial charge in [0.2, 0.25) is 0 Å². The van der Waals surface area contributed by atoms with Crippen LogP contribution in [0.4, 0.5) is 0 Å². The van der Waals surface area contributed by atoms with E-state index in [1.165, 1.54) is 225 Å². The Bertz CT molecular complexity index is 399. The molecule has 0 aliphatic rings. The highest BCUT2D eigenvalue weighted by atomic mass is 14.1. The minimum Gasteiger partial charge on any atom is -0.0654 e. The van der Waals surface area contributed by atoms with Gasteiger partial charge in [0.1, 0.15) is 0 Å². The molecule has 0 saturated carbocycles. The fourth-order valence-electron chi connectivity index (χ4n) is 6.55. The third kappa shape index (κ3) is 34.1. The van der Waals surface area contributed by atoms with Crippen LogP contribution in [0, 0.1) is 5.92 Å². The summed E-state index contributed by atoms with van der Waals surface area (Å²) >= 11 is 0. The first kappa shape index (κ1) is 39.0. The van der Waals surface area contributed by atoms with Crippen molar-refractivity contribution in [2.75, 3.05) is 0 Å². The quantitative estimate of drug-likeness (QED) is 0.0691. The molecule has 0 nitrogen and oxygen atoms in total. The molecule has 0 radical (unpaired) electrons. The van der Waals surface area contributed by atoms with Crippen LogP contribution in [-0.2, 0) is 0 Å². The molecule has 1 unspecified atom stereocenters. The molecule has 0 heterocycles. The molecule has 0 aliphatic carbocycles. The molecule has 0 saturated heterocycles. The summed E-state index contributed by atoms with van der Waals surface area (Å²) in [6, 6.07) is 0. The number of unbranched alkanes of at least 4 members (excludes halogenated alkanes) is 29. The van der Waals surface area contributed by atoms with Crippen molar-refractivity contribution in [3.05, 3.63) is 0 Å². The van der Waals surface area contributed by atoms with E-state index in [0.717, 1.165) is 5.92 Å². The van der Waals surface area contributed by atoms with Crippen molar-refractivity contribution in [2.45, 2.75) is 245 Å². The molecule has 0 amide bonds. The predicted molar refractivity (Wildman–Crippen MR) is 182 cm³/mol. The standard InChI is InChI=1S/C39H80/c1-4-7-10-13-15-17-19-20-21-22-23-24-26-28-30-32-35-38-39(36-33-12-9-6-3)37-34-31-29-27-25-18-16-14-11-8-5-2/h39H,4-38H2,1-3H3. The van der Waals surface area contributed by atoms with Gasteiger partial charge in [-0.3, -0.25) is 0 Å². The zero-order valence-corrected chi connectivity index (χ0v) is 28.3. The Kier molecular flexibility index (Phi) is 36.0. The second-order valence-electron chi connectivity index (χ2n) is 13.5. The smallest absolute Gasteiger partial charge is 0.0414 e. The van der Waals surface area contributed by atoms with Gasteiger partial charge in [0.05, 0.1) is 0 Å². The number of hydrogen-bond donors (Lipinski definition) is 0. The molecule has 0 heteroatoms. The lowest BCUT2D eigenvalue weighted by Crippen LogP contribution is -2.01. The largest absolute Gasteiger partial charge is 0.0654 e. The van der Waals surface area contributed by atoms with Gasteiger partial charge in [0.15, 0.2) is 0 Å². The highest BCUT2D eigenvalue weighted by Gasteiger charge is 2.08. The van der Waals surface area contributed by atoms with Gasteiger partial charge in [-0.25, -0.2) is 0 Å². The molecule has 39 heavy (non-hydrogen) atoms. The molecule has 0 aromatic rings. The Morgan fingerprint density at radius 3 is 0.564 bits per heavy atom. The highest BCUT2D eigenvalue weighted by Crippen LogP contribution is 2.25. The average Bonchev–Trinajstić information content (AvgIpc) is 2.95. The van der Waals surface area contributed by atoms with Gasteiger partial charge >= 0.3 is 0 Å². The molecule has 0 aromatic carbocycles. The maximum Gasteiger partial charge on any atom is -0.0414 e. The van der Waals surface area contributed by atoms with Crippen LogP contribution in [0.15, 0.2) is 0 Å².